The number of carbonyl (C=O) groups excluding carboxylic acids is 4. The maximum absolute atomic E-state index is 12.1. The molecular weight excluding hydrogens is 444 g/mol. The van der Waals surface area contributed by atoms with E-state index in [1.807, 2.05) is 48.5 Å². The number of benzene rings is 2. The fraction of sp³-hybridized carbons (Fsp3) is 0.261. The zero-order valence-electron chi connectivity index (χ0n) is 17.9. The van der Waals surface area contributed by atoms with Gasteiger partial charge in [-0.2, -0.15) is 0 Å². The van der Waals surface area contributed by atoms with Crippen LogP contribution in [0.1, 0.15) is 23.5 Å². The van der Waals surface area contributed by atoms with Gasteiger partial charge < -0.3 is 20.5 Å². The van der Waals surface area contributed by atoms with Crippen LogP contribution in [0.25, 0.3) is 11.1 Å². The van der Waals surface area contributed by atoms with E-state index in [9.17, 15) is 24.0 Å². The quantitative estimate of drug-likeness (QED) is 0.459. The Balaban J connectivity index is 1.23. The van der Waals surface area contributed by atoms with Gasteiger partial charge in [-0.15, -0.1) is 0 Å². The van der Waals surface area contributed by atoms with E-state index in [4.69, 9.17) is 9.84 Å². The minimum absolute atomic E-state index is 0.0885. The summed E-state index contributed by atoms with van der Waals surface area (Å²) in [4.78, 5) is 58.7. The van der Waals surface area contributed by atoms with Crippen molar-refractivity contribution in [1.82, 2.24) is 21.1 Å². The second-order valence-corrected chi connectivity index (χ2v) is 7.81. The number of hydrogen-bond acceptors (Lipinski definition) is 6. The predicted octanol–water partition coefficient (Wildman–Crippen LogP) is 0.358. The number of carbonyl (C=O) groups is 5. The van der Waals surface area contributed by atoms with Crippen LogP contribution in [-0.2, 0) is 23.9 Å². The molecule has 2 aliphatic rings. The maximum Gasteiger partial charge on any atom is 0.407 e. The lowest BCUT2D eigenvalue weighted by Gasteiger charge is -2.20. The number of hydrogen-bond donors (Lipinski definition) is 4. The number of alkyl carbamates (subject to hydrolysis) is 1. The summed E-state index contributed by atoms with van der Waals surface area (Å²) >= 11 is 0. The van der Waals surface area contributed by atoms with Crippen molar-refractivity contribution in [3.8, 4) is 11.1 Å². The SMILES string of the molecule is O=C(CNC(=O)OCC1c2ccccc2-c2ccccc21)NCC(=O)N1NC(=O)CC1C(=O)O. The summed E-state index contributed by atoms with van der Waals surface area (Å²) in [5.41, 5.74) is 6.44. The standard InChI is InChI=1S/C23H22N4O7/c28-19-9-18(22(31)32)27(26-19)21(30)11-24-20(29)10-25-23(33)34-12-17-15-7-3-1-5-13(15)14-6-2-4-8-16(14)17/h1-8,17-18H,9-12H2,(H,24,29)(H,25,33)(H,26,28)(H,31,32). The van der Waals surface area contributed by atoms with Gasteiger partial charge in [-0.1, -0.05) is 48.5 Å². The number of hydrazine groups is 1. The molecule has 1 atom stereocenters. The fourth-order valence-electron chi connectivity index (χ4n) is 4.08. The van der Waals surface area contributed by atoms with E-state index >= 15 is 0 Å². The molecule has 4 rings (SSSR count). The molecule has 1 heterocycles. The van der Waals surface area contributed by atoms with Gasteiger partial charge in [0.2, 0.25) is 11.8 Å². The van der Waals surface area contributed by atoms with Crippen LogP contribution in [0.4, 0.5) is 4.79 Å². The van der Waals surface area contributed by atoms with Gasteiger partial charge >= 0.3 is 12.1 Å². The third kappa shape index (κ3) is 4.68. The van der Waals surface area contributed by atoms with Gasteiger partial charge in [-0.3, -0.25) is 19.8 Å². The van der Waals surface area contributed by atoms with Crippen LogP contribution >= 0.6 is 0 Å². The van der Waals surface area contributed by atoms with Gasteiger partial charge in [-0.25, -0.2) is 14.6 Å². The summed E-state index contributed by atoms with van der Waals surface area (Å²) < 4.78 is 5.33. The maximum atomic E-state index is 12.1. The Bertz CT molecular complexity index is 1120. The zero-order chi connectivity index (χ0) is 24.2. The highest BCUT2D eigenvalue weighted by Gasteiger charge is 2.38. The number of rotatable bonds is 7. The zero-order valence-corrected chi connectivity index (χ0v) is 17.9. The first-order chi connectivity index (χ1) is 16.3. The Hall–Kier alpha value is -4.41. The topological polar surface area (TPSA) is 154 Å². The molecule has 11 nitrogen and oxygen atoms in total. The smallest absolute Gasteiger partial charge is 0.407 e. The van der Waals surface area contributed by atoms with E-state index in [0.717, 1.165) is 22.3 Å². The Morgan fingerprint density at radius 3 is 2.21 bits per heavy atom. The monoisotopic (exact) mass is 466 g/mol. The van der Waals surface area contributed by atoms with Gasteiger partial charge in [0.15, 0.2) is 6.04 Å². The molecule has 0 radical (unpaired) electrons. The van der Waals surface area contributed by atoms with Gasteiger partial charge in [0.05, 0.1) is 13.0 Å². The number of nitrogens with one attached hydrogen (secondary N) is 3. The van der Waals surface area contributed by atoms with Crippen LogP contribution in [0.3, 0.4) is 0 Å². The van der Waals surface area contributed by atoms with Crippen LogP contribution in [0.2, 0.25) is 0 Å². The average Bonchev–Trinajstić information content (AvgIpc) is 3.38. The minimum Gasteiger partial charge on any atom is -0.480 e. The van der Waals surface area contributed by atoms with Crippen LogP contribution in [0.5, 0.6) is 0 Å². The molecule has 11 heteroatoms. The van der Waals surface area contributed by atoms with E-state index in [0.29, 0.717) is 5.01 Å². The molecule has 4 N–H and O–H groups in total. The first kappa shape index (κ1) is 22.8. The van der Waals surface area contributed by atoms with E-state index in [1.54, 1.807) is 0 Å². The van der Waals surface area contributed by atoms with Crippen molar-refractivity contribution < 1.29 is 33.8 Å². The summed E-state index contributed by atoms with van der Waals surface area (Å²) in [5.74, 6) is -3.55. The highest BCUT2D eigenvalue weighted by molar-refractivity contribution is 5.95. The lowest BCUT2D eigenvalue weighted by Crippen LogP contribution is -2.51. The molecule has 1 aliphatic carbocycles. The van der Waals surface area contributed by atoms with Gasteiger partial charge in [0, 0.05) is 5.92 Å². The summed E-state index contributed by atoms with van der Waals surface area (Å²) in [6.45, 7) is -0.904. The van der Waals surface area contributed by atoms with Crippen LogP contribution in [0.15, 0.2) is 48.5 Å². The van der Waals surface area contributed by atoms with Crippen molar-refractivity contribution >= 4 is 29.8 Å². The molecule has 0 saturated carbocycles. The molecular formula is C23H22N4O7. The lowest BCUT2D eigenvalue weighted by molar-refractivity contribution is -0.150. The van der Waals surface area contributed by atoms with Crippen molar-refractivity contribution in [3.63, 3.8) is 0 Å². The summed E-state index contributed by atoms with van der Waals surface area (Å²) in [6, 6.07) is 14.4. The summed E-state index contributed by atoms with van der Waals surface area (Å²) in [7, 11) is 0. The van der Waals surface area contributed by atoms with Crippen LogP contribution < -0.4 is 16.1 Å². The molecule has 4 amide bonds. The molecule has 2 aromatic rings. The molecule has 0 aromatic heterocycles. The van der Waals surface area contributed by atoms with E-state index in [1.165, 1.54) is 0 Å². The molecule has 0 bridgehead atoms. The lowest BCUT2D eigenvalue weighted by atomic mass is 9.98. The molecule has 176 valence electrons. The van der Waals surface area contributed by atoms with E-state index < -0.39 is 48.9 Å². The largest absolute Gasteiger partial charge is 0.480 e. The van der Waals surface area contributed by atoms with Crippen molar-refractivity contribution in [1.29, 1.82) is 0 Å². The Morgan fingerprint density at radius 2 is 1.59 bits per heavy atom. The average molecular weight is 466 g/mol. The Morgan fingerprint density at radius 1 is 0.971 bits per heavy atom. The Labute approximate surface area is 194 Å². The normalized spacial score (nSPS) is 16.3. The van der Waals surface area contributed by atoms with Crippen molar-refractivity contribution in [2.45, 2.75) is 18.4 Å². The van der Waals surface area contributed by atoms with Crippen molar-refractivity contribution in [3.05, 3.63) is 59.7 Å². The second kappa shape index (κ2) is 9.61. The number of aliphatic carboxylic acids is 1. The first-order valence-corrected chi connectivity index (χ1v) is 10.5. The first-order valence-electron chi connectivity index (χ1n) is 10.5. The van der Waals surface area contributed by atoms with Gasteiger partial charge in [0.1, 0.15) is 13.2 Å². The Kier molecular flexibility index (Phi) is 6.44. The number of carboxylic acids is 1. The predicted molar refractivity (Wildman–Crippen MR) is 117 cm³/mol. The van der Waals surface area contributed by atoms with Crippen molar-refractivity contribution in [2.75, 3.05) is 19.7 Å². The second-order valence-electron chi connectivity index (χ2n) is 7.81. The number of ether oxygens (including phenoxy) is 1. The van der Waals surface area contributed by atoms with Crippen LogP contribution in [0, 0.1) is 0 Å². The molecule has 2 aromatic carbocycles. The van der Waals surface area contributed by atoms with E-state index in [-0.39, 0.29) is 18.9 Å². The summed E-state index contributed by atoms with van der Waals surface area (Å²) in [6.07, 6.45) is -1.15. The highest BCUT2D eigenvalue weighted by atomic mass is 16.5. The van der Waals surface area contributed by atoms with Gasteiger partial charge in [0.25, 0.3) is 5.91 Å². The molecule has 1 fully saturated rings. The highest BCUT2D eigenvalue weighted by Crippen LogP contribution is 2.44. The molecule has 1 saturated heterocycles. The number of amides is 4. The van der Waals surface area contributed by atoms with Gasteiger partial charge in [-0.05, 0) is 22.3 Å². The minimum atomic E-state index is -1.34. The molecule has 34 heavy (non-hydrogen) atoms. The molecule has 0 spiro atoms. The van der Waals surface area contributed by atoms with Crippen LogP contribution in [-0.4, -0.2) is 65.6 Å². The third-order valence-corrected chi connectivity index (χ3v) is 5.66. The number of fused-ring (bicyclic) bond motifs is 3. The number of nitrogens with zero attached hydrogens (tertiary/aromatic N) is 1. The fourth-order valence-corrected chi connectivity index (χ4v) is 4.08. The number of carboxylic acid groups (broad SMARTS) is 1. The molecule has 1 unspecified atom stereocenters. The van der Waals surface area contributed by atoms with E-state index in [2.05, 4.69) is 16.1 Å². The summed E-state index contributed by atoms with van der Waals surface area (Å²) in [5, 5.41) is 14.3. The van der Waals surface area contributed by atoms with Crippen molar-refractivity contribution in [2.24, 2.45) is 0 Å². The third-order valence-electron chi connectivity index (χ3n) is 5.66. The molecule has 1 aliphatic heterocycles.